The Morgan fingerprint density at radius 2 is 2.19 bits per heavy atom. The van der Waals surface area contributed by atoms with Crippen LogP contribution >= 0.6 is 11.6 Å². The van der Waals surface area contributed by atoms with Crippen LogP contribution in [0, 0.1) is 11.8 Å². The maximum Gasteiger partial charge on any atom is 0.0741 e. The molecule has 0 aliphatic carbocycles. The first kappa shape index (κ1) is 16.6. The molecule has 1 heterocycles. The van der Waals surface area contributed by atoms with E-state index in [-0.39, 0.29) is 6.10 Å². The molecule has 4 heteroatoms. The molecule has 1 aromatic carbocycles. The van der Waals surface area contributed by atoms with Gasteiger partial charge in [0.1, 0.15) is 0 Å². The van der Waals surface area contributed by atoms with Crippen LogP contribution in [0.5, 0.6) is 0 Å². The topological polar surface area (TPSA) is 35.5 Å². The van der Waals surface area contributed by atoms with Crippen molar-refractivity contribution in [2.24, 2.45) is 11.8 Å². The van der Waals surface area contributed by atoms with Crippen LogP contribution in [0.15, 0.2) is 18.2 Å². The number of benzene rings is 1. The van der Waals surface area contributed by atoms with Gasteiger partial charge in [0.05, 0.1) is 6.10 Å². The van der Waals surface area contributed by atoms with Gasteiger partial charge in [0.15, 0.2) is 0 Å². The van der Waals surface area contributed by atoms with Gasteiger partial charge in [-0.2, -0.15) is 0 Å². The number of β-amino-alcohol motifs (C(OH)–C–C–N with tert-alkyl or cyclic N) is 1. The number of rotatable bonds is 5. The van der Waals surface area contributed by atoms with Crippen molar-refractivity contribution in [2.45, 2.75) is 39.8 Å². The van der Waals surface area contributed by atoms with E-state index in [0.717, 1.165) is 42.3 Å². The lowest BCUT2D eigenvalue weighted by Crippen LogP contribution is -2.43. The summed E-state index contributed by atoms with van der Waals surface area (Å²) in [6.45, 7) is 9.94. The van der Waals surface area contributed by atoms with Crippen molar-refractivity contribution in [1.82, 2.24) is 5.32 Å². The second kappa shape index (κ2) is 7.48. The maximum absolute atomic E-state index is 10.1. The van der Waals surface area contributed by atoms with Gasteiger partial charge in [0.25, 0.3) is 0 Å². The highest BCUT2D eigenvalue weighted by Gasteiger charge is 2.26. The number of hydrogen-bond acceptors (Lipinski definition) is 3. The smallest absolute Gasteiger partial charge is 0.0741 e. The fourth-order valence-corrected chi connectivity index (χ4v) is 3.01. The molecule has 0 bridgehead atoms. The van der Waals surface area contributed by atoms with E-state index in [2.05, 4.69) is 37.1 Å². The lowest BCUT2D eigenvalue weighted by Gasteiger charge is -2.37. The van der Waals surface area contributed by atoms with Crippen LogP contribution in [0.1, 0.15) is 32.8 Å². The molecule has 0 aromatic heterocycles. The molecule has 0 saturated carbocycles. The summed E-state index contributed by atoms with van der Waals surface area (Å²) >= 11 is 6.40. The van der Waals surface area contributed by atoms with Crippen molar-refractivity contribution < 1.29 is 5.11 Å². The molecule has 1 saturated heterocycles. The average Bonchev–Trinajstić information content (AvgIpc) is 2.43. The summed E-state index contributed by atoms with van der Waals surface area (Å²) in [5, 5.41) is 14.4. The van der Waals surface area contributed by atoms with E-state index in [1.165, 1.54) is 0 Å². The predicted molar refractivity (Wildman–Crippen MR) is 90.0 cm³/mol. The quantitative estimate of drug-likeness (QED) is 0.876. The summed E-state index contributed by atoms with van der Waals surface area (Å²) in [6, 6.07) is 6.05. The summed E-state index contributed by atoms with van der Waals surface area (Å²) in [6.07, 6.45) is 0.765. The highest BCUT2D eigenvalue weighted by Crippen LogP contribution is 2.30. The van der Waals surface area contributed by atoms with Crippen molar-refractivity contribution in [3.8, 4) is 0 Å². The Balaban J connectivity index is 2.13. The lowest BCUT2D eigenvalue weighted by atomic mass is 9.95. The fraction of sp³-hybridized carbons (Fsp3) is 0.647. The number of anilines is 1. The monoisotopic (exact) mass is 310 g/mol. The zero-order valence-corrected chi connectivity index (χ0v) is 14.0. The molecule has 1 aromatic rings. The summed E-state index contributed by atoms with van der Waals surface area (Å²) in [5.74, 6) is 0.997. The molecule has 3 nitrogen and oxygen atoms in total. The van der Waals surface area contributed by atoms with Gasteiger partial charge >= 0.3 is 0 Å². The van der Waals surface area contributed by atoms with Crippen LogP contribution in [-0.4, -0.2) is 30.8 Å². The minimum Gasteiger partial charge on any atom is -0.391 e. The number of aliphatic hydroxyl groups is 1. The normalized spacial score (nSPS) is 22.9. The molecule has 2 unspecified atom stereocenters. The van der Waals surface area contributed by atoms with Gasteiger partial charge in [0, 0.05) is 35.9 Å². The number of piperidine rings is 1. The van der Waals surface area contributed by atoms with E-state index in [1.807, 2.05) is 12.1 Å². The number of halogens is 1. The Labute approximate surface area is 133 Å². The van der Waals surface area contributed by atoms with Crippen molar-refractivity contribution in [2.75, 3.05) is 24.5 Å². The lowest BCUT2D eigenvalue weighted by molar-refractivity contribution is 0.103. The molecule has 2 N–H and O–H groups in total. The molecular weight excluding hydrogens is 284 g/mol. The number of hydrogen-bond donors (Lipinski definition) is 2. The van der Waals surface area contributed by atoms with Gasteiger partial charge in [-0.25, -0.2) is 0 Å². The predicted octanol–water partition coefficient (Wildman–Crippen LogP) is 3.29. The third-order valence-corrected chi connectivity index (χ3v) is 4.56. The molecule has 1 aliphatic rings. The third kappa shape index (κ3) is 4.35. The zero-order valence-electron chi connectivity index (χ0n) is 13.3. The van der Waals surface area contributed by atoms with E-state index in [9.17, 15) is 5.11 Å². The largest absolute Gasteiger partial charge is 0.391 e. The average molecular weight is 311 g/mol. The van der Waals surface area contributed by atoms with Crippen LogP contribution < -0.4 is 10.2 Å². The van der Waals surface area contributed by atoms with Crippen LogP contribution in [0.25, 0.3) is 0 Å². The van der Waals surface area contributed by atoms with E-state index in [4.69, 9.17) is 11.6 Å². The van der Waals surface area contributed by atoms with E-state index in [0.29, 0.717) is 18.4 Å². The van der Waals surface area contributed by atoms with Crippen LogP contribution in [0.4, 0.5) is 5.69 Å². The van der Waals surface area contributed by atoms with Crippen molar-refractivity contribution in [3.05, 3.63) is 28.8 Å². The first-order valence-electron chi connectivity index (χ1n) is 7.90. The summed E-state index contributed by atoms with van der Waals surface area (Å²) < 4.78 is 0. The summed E-state index contributed by atoms with van der Waals surface area (Å²) in [7, 11) is 0. The molecule has 1 aliphatic heterocycles. The highest BCUT2D eigenvalue weighted by atomic mass is 35.5. The zero-order chi connectivity index (χ0) is 15.4. The Morgan fingerprint density at radius 3 is 2.86 bits per heavy atom. The molecule has 1 fully saturated rings. The van der Waals surface area contributed by atoms with Gasteiger partial charge in [0.2, 0.25) is 0 Å². The van der Waals surface area contributed by atoms with Gasteiger partial charge in [-0.15, -0.1) is 0 Å². The molecule has 2 rings (SSSR count). The number of nitrogens with zero attached hydrogens (tertiary/aromatic N) is 1. The molecule has 0 radical (unpaired) electrons. The van der Waals surface area contributed by atoms with Gasteiger partial charge in [-0.1, -0.05) is 38.4 Å². The van der Waals surface area contributed by atoms with Gasteiger partial charge in [-0.05, 0) is 36.9 Å². The molecule has 118 valence electrons. The van der Waals surface area contributed by atoms with Crippen molar-refractivity contribution in [1.29, 1.82) is 0 Å². The Morgan fingerprint density at radius 1 is 1.43 bits per heavy atom. The molecule has 2 atom stereocenters. The number of nitrogens with one attached hydrogen (secondary N) is 1. The summed E-state index contributed by atoms with van der Waals surface area (Å²) in [4.78, 5) is 2.27. The second-order valence-electron chi connectivity index (χ2n) is 6.54. The third-order valence-electron chi connectivity index (χ3n) is 4.21. The second-order valence-corrected chi connectivity index (χ2v) is 6.95. The first-order chi connectivity index (χ1) is 9.99. The molecule has 0 amide bonds. The minimum atomic E-state index is -0.255. The SMILES string of the molecule is CC(C)CNCc1c(Cl)cccc1N1CCC(C)C(O)C1. The summed E-state index contributed by atoms with van der Waals surface area (Å²) in [5.41, 5.74) is 2.30. The number of aliphatic hydroxyl groups excluding tert-OH is 1. The van der Waals surface area contributed by atoms with Crippen molar-refractivity contribution >= 4 is 17.3 Å². The van der Waals surface area contributed by atoms with Crippen LogP contribution in [-0.2, 0) is 6.54 Å². The maximum atomic E-state index is 10.1. The standard InChI is InChI=1S/C17H27ClN2O/c1-12(2)9-19-10-14-15(18)5-4-6-16(14)20-8-7-13(3)17(21)11-20/h4-6,12-13,17,19,21H,7-11H2,1-3H3. The van der Waals surface area contributed by atoms with E-state index in [1.54, 1.807) is 0 Å². The van der Waals surface area contributed by atoms with Crippen molar-refractivity contribution in [3.63, 3.8) is 0 Å². The van der Waals surface area contributed by atoms with E-state index < -0.39 is 0 Å². The van der Waals surface area contributed by atoms with Crippen LogP contribution in [0.3, 0.4) is 0 Å². The highest BCUT2D eigenvalue weighted by molar-refractivity contribution is 6.31. The van der Waals surface area contributed by atoms with Gasteiger partial charge in [-0.3, -0.25) is 0 Å². The van der Waals surface area contributed by atoms with E-state index >= 15 is 0 Å². The fourth-order valence-electron chi connectivity index (χ4n) is 2.77. The molecule has 21 heavy (non-hydrogen) atoms. The first-order valence-corrected chi connectivity index (χ1v) is 8.28. The Hall–Kier alpha value is -0.770. The molecular formula is C17H27ClN2O. The Bertz CT molecular complexity index is 464. The van der Waals surface area contributed by atoms with Crippen LogP contribution in [0.2, 0.25) is 5.02 Å². The molecule has 0 spiro atoms. The Kier molecular flexibility index (Phi) is 5.91. The minimum absolute atomic E-state index is 0.255. The van der Waals surface area contributed by atoms with Gasteiger partial charge < -0.3 is 15.3 Å².